The molecule has 0 bridgehead atoms. The second-order valence-electron chi connectivity index (χ2n) is 44.8. The van der Waals surface area contributed by atoms with Crippen LogP contribution in [0.1, 0.15) is 467 Å². The molecule has 18 heteroatoms. The summed E-state index contributed by atoms with van der Waals surface area (Å²) in [6.07, 6.45) is 44.1. The quantitative estimate of drug-likeness (QED) is 0.0564. The molecule has 0 amide bonds. The van der Waals surface area contributed by atoms with E-state index in [2.05, 4.69) is 242 Å². The lowest BCUT2D eigenvalue weighted by Crippen LogP contribution is -2.52. The van der Waals surface area contributed by atoms with Gasteiger partial charge in [-0.1, -0.05) is 351 Å². The van der Waals surface area contributed by atoms with Crippen LogP contribution < -0.4 is 0 Å². The first kappa shape index (κ1) is 136. The smallest absolute Gasteiger partial charge is 0.168 e. The molecule has 141 heavy (non-hydrogen) atoms. The van der Waals surface area contributed by atoms with Crippen LogP contribution >= 0.6 is 0 Å². The summed E-state index contributed by atoms with van der Waals surface area (Å²) in [6.45, 7) is 80.3. The van der Waals surface area contributed by atoms with Gasteiger partial charge in [-0.3, -0.25) is 0 Å². The van der Waals surface area contributed by atoms with Gasteiger partial charge in [-0.25, -0.2) is 0 Å². The molecule has 9 aliphatic heterocycles. The molecule has 0 aliphatic carbocycles. The van der Waals surface area contributed by atoms with Crippen molar-refractivity contribution in [1.82, 2.24) is 0 Å². The Balaban J connectivity index is 0.000000552. The van der Waals surface area contributed by atoms with Gasteiger partial charge in [0.15, 0.2) is 56.1 Å². The Bertz CT molecular complexity index is 2720. The van der Waals surface area contributed by atoms with Gasteiger partial charge in [0, 0.05) is 110 Å². The van der Waals surface area contributed by atoms with Crippen molar-refractivity contribution in [3.63, 3.8) is 0 Å². The van der Waals surface area contributed by atoms with Gasteiger partial charge >= 0.3 is 0 Å². The van der Waals surface area contributed by atoms with E-state index in [1.54, 1.807) is 56.9 Å². The first-order chi connectivity index (χ1) is 67.8. The molecule has 44 atom stereocenters. The van der Waals surface area contributed by atoms with Crippen LogP contribution in [0.2, 0.25) is 0 Å². The van der Waals surface area contributed by atoms with Gasteiger partial charge < -0.3 is 85.3 Å². The Hall–Kier alpha value is -0.720. The van der Waals surface area contributed by atoms with Crippen molar-refractivity contribution < 1.29 is 85.3 Å². The molecule has 9 aliphatic rings. The molecule has 844 valence electrons. The van der Waals surface area contributed by atoms with Crippen LogP contribution in [0, 0.1) is 154 Å². The Morgan fingerprint density at radius 3 is 0.582 bits per heavy atom. The minimum absolute atomic E-state index is 0.0133. The van der Waals surface area contributed by atoms with Gasteiger partial charge in [0.05, 0.1) is 61.5 Å². The molecule has 18 nitrogen and oxygen atoms in total. The molecule has 0 aromatic carbocycles. The van der Waals surface area contributed by atoms with Crippen LogP contribution in [0.25, 0.3) is 0 Å². The van der Waals surface area contributed by atoms with E-state index in [1.807, 2.05) is 0 Å². The molecule has 9 heterocycles. The normalized spacial score (nSPS) is 40.6. The van der Waals surface area contributed by atoms with Crippen molar-refractivity contribution in [1.29, 1.82) is 0 Å². The fraction of sp³-hybridized carbons (Fsp3) is 1.00. The predicted octanol–water partition coefficient (Wildman–Crippen LogP) is 33.3. The van der Waals surface area contributed by atoms with Gasteiger partial charge in [0.25, 0.3) is 0 Å². The molecule has 9 rings (SSSR count). The average Bonchev–Trinajstić information content (AvgIpc) is 1.62. The number of hydrogen-bond donors (Lipinski definition) is 0. The summed E-state index contributed by atoms with van der Waals surface area (Å²) in [7, 11) is 14.2. The topological polar surface area (TPSA) is 166 Å². The maximum Gasteiger partial charge on any atom is 0.168 e. The van der Waals surface area contributed by atoms with Crippen LogP contribution in [-0.4, -0.2) is 175 Å². The zero-order chi connectivity index (χ0) is 107. The predicted molar refractivity (Wildman–Crippen MR) is 590 cm³/mol. The Morgan fingerprint density at radius 2 is 0.369 bits per heavy atom. The van der Waals surface area contributed by atoms with Gasteiger partial charge in [0.2, 0.25) is 0 Å². The third kappa shape index (κ3) is 38.2. The molecule has 0 radical (unpaired) electrons. The zero-order valence-electron chi connectivity index (χ0n) is 101. The van der Waals surface area contributed by atoms with E-state index in [4.69, 9.17) is 85.3 Å². The van der Waals surface area contributed by atoms with Gasteiger partial charge in [-0.05, 0) is 217 Å². The molecule has 0 spiro atoms. The highest BCUT2D eigenvalue weighted by molar-refractivity contribution is 4.96. The third-order valence-electron chi connectivity index (χ3n) is 37.6. The maximum atomic E-state index is 6.57. The summed E-state index contributed by atoms with van der Waals surface area (Å²) in [6, 6.07) is 0. The molecule has 0 aromatic rings. The molecule has 9 fully saturated rings. The molecular formula is C123H244O18. The Morgan fingerprint density at radius 1 is 0.177 bits per heavy atom. The molecule has 0 N–H and O–H groups in total. The first-order valence-electron chi connectivity index (χ1n) is 60.5. The van der Waals surface area contributed by atoms with E-state index < -0.39 is 0 Å². The largest absolute Gasteiger partial charge is 0.356 e. The maximum absolute atomic E-state index is 6.57. The lowest BCUT2D eigenvalue weighted by Gasteiger charge is -2.48. The second kappa shape index (κ2) is 75.1. The van der Waals surface area contributed by atoms with E-state index in [-0.39, 0.29) is 62.2 Å². The molecule has 26 unspecified atom stereocenters. The minimum Gasteiger partial charge on any atom is -0.356 e. The molecule has 0 aromatic heterocycles. The highest BCUT2D eigenvalue weighted by atomic mass is 16.7. The Kier molecular flexibility index (Phi) is 72.6. The lowest BCUT2D eigenvalue weighted by molar-refractivity contribution is -0.293. The fourth-order valence-corrected chi connectivity index (χ4v) is 29.4. The SMILES string of the molecule is CCCC1O[C@@H](OC)C(CC)C(C)[C@@H]1CC.CCCC1O[C@@H](OC)C(CC)C(C)[C@@H]1CC.CCCC1O[C@@H](OC)C(CC)C(CC)[C@@H]1C.CCCC1O[C@@H](OC)C(CC)C(CC)[C@@H]1C.CCCC1O[C@@H](OC)C(CC)C(CC)[C@@H]1C.CCCC1O[C@@H](OC)C(CC)C(CC)[C@@H]1C.CCCC1O[C@@H](OCC2O[C@@H](OC)C(CC)C(CC)[C@@H]2CC)C(CC)C(CC)[C@@H]1C.CCCC1O[C@](C)(OC)C(CC)[C@@H]1CC. The Labute approximate surface area is 875 Å². The van der Waals surface area contributed by atoms with Crippen molar-refractivity contribution in [2.45, 2.75) is 578 Å². The number of methoxy groups -OCH3 is 8. The summed E-state index contributed by atoms with van der Waals surface area (Å²) >= 11 is 0. The van der Waals surface area contributed by atoms with Crippen molar-refractivity contribution in [3.05, 3.63) is 0 Å². The molecule has 0 saturated carbocycles. The van der Waals surface area contributed by atoms with Crippen LogP contribution in [0.5, 0.6) is 0 Å². The van der Waals surface area contributed by atoms with E-state index in [1.165, 1.54) is 116 Å². The summed E-state index contributed by atoms with van der Waals surface area (Å²) in [5.41, 5.74) is 0. The fourth-order valence-electron chi connectivity index (χ4n) is 29.4. The van der Waals surface area contributed by atoms with Crippen LogP contribution in [0.15, 0.2) is 0 Å². The molecular weight excluding hydrogens is 1770 g/mol. The standard InChI is InChI=1S/C26H50O4.6C14H28O2.C13H26O2/c1-9-15-23-17(7)18(10-2)21(13-5)26(29-23)28-16-24-20(12-4)19(11-3)22(14-6)25(27-8)30-24;4*1-6-9-13-10(4)11(7-2)12(8-3)14(15-5)16-13;2*1-6-9-13-11(7-2)10(4)12(8-3)14(15-5)16-13;1-6-9-12-10(7-2)11(8-3)13(4,14-5)15-12/h17-26H,9-16H2,1-8H3;6*10-14H,6-9H2,1-5H3;10-12H,6-9H2,1-5H3/t17-,18?,19?,20-,21?,22?,23?,24?,25+,26+;4*10-,11?,12?,13?,14+;2*10?,11-,12?,13?,14+;10-,11?,12?,13-/m00000000/s1. The van der Waals surface area contributed by atoms with Crippen LogP contribution in [0.4, 0.5) is 0 Å². The number of rotatable bonds is 46. The van der Waals surface area contributed by atoms with E-state index in [9.17, 15) is 0 Å². The third-order valence-corrected chi connectivity index (χ3v) is 37.6. The van der Waals surface area contributed by atoms with E-state index in [0.29, 0.717) is 186 Å². The highest BCUT2D eigenvalue weighted by Gasteiger charge is 2.53. The van der Waals surface area contributed by atoms with Gasteiger partial charge in [0.1, 0.15) is 0 Å². The van der Waals surface area contributed by atoms with Crippen molar-refractivity contribution >= 4 is 0 Å². The van der Waals surface area contributed by atoms with Crippen molar-refractivity contribution in [2.24, 2.45) is 154 Å². The van der Waals surface area contributed by atoms with Crippen molar-refractivity contribution in [2.75, 3.05) is 63.5 Å². The van der Waals surface area contributed by atoms with Crippen molar-refractivity contribution in [3.8, 4) is 0 Å². The number of ether oxygens (including phenoxy) is 18. The van der Waals surface area contributed by atoms with Gasteiger partial charge in [-0.2, -0.15) is 0 Å². The number of hydrogen-bond acceptors (Lipinski definition) is 18. The zero-order valence-corrected chi connectivity index (χ0v) is 101. The summed E-state index contributed by atoms with van der Waals surface area (Å²) in [5, 5.41) is 0. The molecule has 9 saturated heterocycles. The first-order valence-corrected chi connectivity index (χ1v) is 60.5. The van der Waals surface area contributed by atoms with Gasteiger partial charge in [-0.15, -0.1) is 0 Å². The summed E-state index contributed by atoms with van der Waals surface area (Å²) in [5.74, 6) is 16.1. The average molecular weight is 2010 g/mol. The minimum atomic E-state index is -0.352. The lowest BCUT2D eigenvalue weighted by atomic mass is 9.72. The summed E-state index contributed by atoms with van der Waals surface area (Å²) < 4.78 is 107. The van der Waals surface area contributed by atoms with E-state index in [0.717, 1.165) is 133 Å². The summed E-state index contributed by atoms with van der Waals surface area (Å²) in [4.78, 5) is 0. The second-order valence-corrected chi connectivity index (χ2v) is 44.8. The van der Waals surface area contributed by atoms with E-state index >= 15 is 0 Å². The highest BCUT2D eigenvalue weighted by Crippen LogP contribution is 2.51. The van der Waals surface area contributed by atoms with Crippen LogP contribution in [0.3, 0.4) is 0 Å². The van der Waals surface area contributed by atoms with Crippen LogP contribution in [-0.2, 0) is 85.3 Å². The monoisotopic (exact) mass is 2010 g/mol.